The number of nitrogens with zero attached hydrogens (tertiary/aromatic N) is 3. The molecule has 8 heteroatoms. The van der Waals surface area contributed by atoms with Crippen LogP contribution in [0.25, 0.3) is 33.3 Å². The minimum Gasteiger partial charge on any atom is -0.383 e. The number of benzene rings is 1. The second kappa shape index (κ2) is 10.7. The maximum atomic E-state index is 13.9. The molecule has 0 unspecified atom stereocenters. The first-order valence-electron chi connectivity index (χ1n) is 13.3. The summed E-state index contributed by atoms with van der Waals surface area (Å²) in [5, 5.41) is 13.3. The van der Waals surface area contributed by atoms with Gasteiger partial charge in [0.05, 0.1) is 17.1 Å². The first-order valence-corrected chi connectivity index (χ1v) is 13.3. The van der Waals surface area contributed by atoms with Gasteiger partial charge in [0.1, 0.15) is 11.6 Å². The Labute approximate surface area is 226 Å². The van der Waals surface area contributed by atoms with Crippen molar-refractivity contribution in [2.45, 2.75) is 32.2 Å². The number of fused-ring (bicyclic) bond motifs is 1. The average Bonchev–Trinajstić information content (AvgIpc) is 3.63. The summed E-state index contributed by atoms with van der Waals surface area (Å²) in [5.74, 6) is 0.725. The van der Waals surface area contributed by atoms with Crippen molar-refractivity contribution in [3.05, 3.63) is 96.0 Å². The Kier molecular flexibility index (Phi) is 6.85. The van der Waals surface area contributed by atoms with Crippen molar-refractivity contribution in [3.8, 4) is 22.4 Å². The number of hydrogen-bond acceptors (Lipinski definition) is 6. The maximum absolute atomic E-state index is 13.9. The molecule has 4 heterocycles. The highest BCUT2D eigenvalue weighted by Crippen LogP contribution is 2.30. The molecule has 0 radical (unpaired) electrons. The Morgan fingerprint density at radius 1 is 1.00 bits per heavy atom. The van der Waals surface area contributed by atoms with E-state index in [1.54, 1.807) is 24.7 Å². The first-order chi connectivity index (χ1) is 19.0. The van der Waals surface area contributed by atoms with Gasteiger partial charge >= 0.3 is 0 Å². The topological polar surface area (TPSA) is 116 Å². The highest BCUT2D eigenvalue weighted by molar-refractivity contribution is 6.15. The quantitative estimate of drug-likeness (QED) is 0.185. The molecule has 1 aliphatic rings. The number of hydrogen-bond donors (Lipinski definition) is 4. The molecular weight excluding hydrogens is 489 g/mol. The molecule has 5 N–H and O–H groups in total. The molecule has 0 aliphatic heterocycles. The van der Waals surface area contributed by atoms with Crippen molar-refractivity contribution in [3.63, 3.8) is 0 Å². The summed E-state index contributed by atoms with van der Waals surface area (Å²) in [5.41, 5.74) is 12.5. The molecule has 1 aliphatic carbocycles. The Morgan fingerprint density at radius 2 is 1.85 bits per heavy atom. The Balaban J connectivity index is 1.27. The smallest absolute Gasteiger partial charge is 0.132 e. The van der Waals surface area contributed by atoms with Gasteiger partial charge in [0.15, 0.2) is 0 Å². The third-order valence-corrected chi connectivity index (χ3v) is 7.47. The van der Waals surface area contributed by atoms with Gasteiger partial charge in [0, 0.05) is 64.5 Å². The molecule has 1 fully saturated rings. The SMILES string of the molecule is N=C(c1cc2c(-c3cccc(F)c3)nccc2[nH]1)c1cc(-c2cncc(CNCC3CCCC3)c2)cnc1N. The summed E-state index contributed by atoms with van der Waals surface area (Å²) in [6.45, 7) is 1.80. The van der Waals surface area contributed by atoms with Gasteiger partial charge in [-0.25, -0.2) is 9.37 Å². The average molecular weight is 520 g/mol. The van der Waals surface area contributed by atoms with E-state index >= 15 is 0 Å². The molecular formula is C31H30FN7. The van der Waals surface area contributed by atoms with Gasteiger partial charge in [0.25, 0.3) is 0 Å². The zero-order valence-corrected chi connectivity index (χ0v) is 21.5. The predicted molar refractivity (Wildman–Crippen MR) is 153 cm³/mol. The number of nitrogens with two attached hydrogens (primary N) is 1. The fraction of sp³-hybridized carbons (Fsp3) is 0.226. The normalized spacial score (nSPS) is 13.8. The largest absolute Gasteiger partial charge is 0.383 e. The van der Waals surface area contributed by atoms with Gasteiger partial charge in [-0.1, -0.05) is 25.0 Å². The standard InChI is InChI=1S/C31H30FN7/c32-24-7-3-6-21(11-24)30-25-13-28(39-27(25)8-9-37-30)29(33)26-12-23(18-38-31(26)34)22-10-20(16-36-17-22)15-35-14-19-4-1-2-5-19/h3,6-13,16-19,33,35,39H,1-2,4-5,14-15H2,(H2,34,38). The highest BCUT2D eigenvalue weighted by Gasteiger charge is 2.17. The van der Waals surface area contributed by atoms with Gasteiger partial charge in [-0.05, 0) is 67.3 Å². The summed E-state index contributed by atoms with van der Waals surface area (Å²) < 4.78 is 13.9. The molecule has 4 aromatic heterocycles. The van der Waals surface area contributed by atoms with Crippen LogP contribution in [0, 0.1) is 17.1 Å². The second-order valence-corrected chi connectivity index (χ2v) is 10.2. The van der Waals surface area contributed by atoms with E-state index in [1.165, 1.54) is 37.8 Å². The molecule has 7 nitrogen and oxygen atoms in total. The van der Waals surface area contributed by atoms with E-state index in [9.17, 15) is 4.39 Å². The highest BCUT2D eigenvalue weighted by atomic mass is 19.1. The zero-order valence-electron chi connectivity index (χ0n) is 21.5. The number of H-pyrrole nitrogens is 1. The molecule has 0 amide bonds. The van der Waals surface area contributed by atoms with E-state index in [2.05, 4.69) is 31.3 Å². The number of halogens is 1. The van der Waals surface area contributed by atoms with Crippen LogP contribution in [0.2, 0.25) is 0 Å². The molecule has 0 saturated heterocycles. The van der Waals surface area contributed by atoms with Crippen LogP contribution in [0.4, 0.5) is 10.2 Å². The lowest BCUT2D eigenvalue weighted by molar-refractivity contribution is 0.489. The Bertz CT molecular complexity index is 1650. The minimum atomic E-state index is -0.325. The lowest BCUT2D eigenvalue weighted by Crippen LogP contribution is -2.20. The van der Waals surface area contributed by atoms with Crippen LogP contribution < -0.4 is 11.1 Å². The molecule has 1 aromatic carbocycles. The van der Waals surface area contributed by atoms with Crippen molar-refractivity contribution in [2.75, 3.05) is 12.3 Å². The number of rotatable bonds is 8. The number of nitrogen functional groups attached to an aromatic ring is 1. The van der Waals surface area contributed by atoms with Crippen molar-refractivity contribution in [1.82, 2.24) is 25.3 Å². The molecule has 196 valence electrons. The zero-order chi connectivity index (χ0) is 26.8. The van der Waals surface area contributed by atoms with Crippen LogP contribution in [-0.4, -0.2) is 32.2 Å². The van der Waals surface area contributed by atoms with Gasteiger partial charge in [-0.2, -0.15) is 0 Å². The molecule has 1 saturated carbocycles. The number of anilines is 1. The van der Waals surface area contributed by atoms with E-state index < -0.39 is 0 Å². The number of aromatic amines is 1. The fourth-order valence-electron chi connectivity index (χ4n) is 5.41. The van der Waals surface area contributed by atoms with E-state index in [4.69, 9.17) is 11.1 Å². The molecule has 39 heavy (non-hydrogen) atoms. The van der Waals surface area contributed by atoms with Crippen molar-refractivity contribution in [2.24, 2.45) is 5.92 Å². The molecule has 0 spiro atoms. The summed E-state index contributed by atoms with van der Waals surface area (Å²) in [7, 11) is 0. The van der Waals surface area contributed by atoms with Crippen molar-refractivity contribution < 1.29 is 4.39 Å². The van der Waals surface area contributed by atoms with Gasteiger partial charge in [-0.15, -0.1) is 0 Å². The summed E-state index contributed by atoms with van der Waals surface area (Å²) >= 11 is 0. The molecule has 6 rings (SSSR count). The van der Waals surface area contributed by atoms with Gasteiger partial charge in [0.2, 0.25) is 0 Å². The van der Waals surface area contributed by atoms with Gasteiger partial charge < -0.3 is 16.0 Å². The minimum absolute atomic E-state index is 0.214. The monoisotopic (exact) mass is 519 g/mol. The molecule has 0 bridgehead atoms. The Hall–Kier alpha value is -4.43. The van der Waals surface area contributed by atoms with Crippen molar-refractivity contribution >= 4 is 22.4 Å². The van der Waals surface area contributed by atoms with Crippen molar-refractivity contribution in [1.29, 1.82) is 5.41 Å². The van der Waals surface area contributed by atoms with Crippen LogP contribution >= 0.6 is 0 Å². The Morgan fingerprint density at radius 3 is 2.69 bits per heavy atom. The van der Waals surface area contributed by atoms with Crippen LogP contribution in [0.1, 0.15) is 42.5 Å². The number of aromatic nitrogens is 4. The van der Waals surface area contributed by atoms with Crippen LogP contribution in [0.5, 0.6) is 0 Å². The lowest BCUT2D eigenvalue weighted by Gasteiger charge is -2.12. The third-order valence-electron chi connectivity index (χ3n) is 7.47. The lowest BCUT2D eigenvalue weighted by atomic mass is 10.0. The third kappa shape index (κ3) is 5.28. The first kappa shape index (κ1) is 24.9. The molecule has 5 aromatic rings. The fourth-order valence-corrected chi connectivity index (χ4v) is 5.41. The van der Waals surface area contributed by atoms with Gasteiger partial charge in [-0.3, -0.25) is 15.4 Å². The van der Waals surface area contributed by atoms with E-state index in [-0.39, 0.29) is 17.3 Å². The molecule has 0 atom stereocenters. The van der Waals surface area contributed by atoms with Crippen LogP contribution in [-0.2, 0) is 6.54 Å². The van der Waals surface area contributed by atoms with E-state index in [0.29, 0.717) is 22.5 Å². The number of pyridine rings is 3. The summed E-state index contributed by atoms with van der Waals surface area (Å²) in [4.78, 5) is 16.6. The maximum Gasteiger partial charge on any atom is 0.132 e. The summed E-state index contributed by atoms with van der Waals surface area (Å²) in [6, 6.07) is 14.0. The van der Waals surface area contributed by atoms with E-state index in [0.717, 1.165) is 46.6 Å². The number of nitrogens with one attached hydrogen (secondary N) is 3. The predicted octanol–water partition coefficient (Wildman–Crippen LogP) is 6.10. The van der Waals surface area contributed by atoms with Crippen LogP contribution in [0.15, 0.2) is 73.3 Å². The summed E-state index contributed by atoms with van der Waals surface area (Å²) in [6.07, 6.45) is 12.4. The van der Waals surface area contributed by atoms with E-state index in [1.807, 2.05) is 30.5 Å². The van der Waals surface area contributed by atoms with Crippen LogP contribution in [0.3, 0.4) is 0 Å². The second-order valence-electron chi connectivity index (χ2n) is 10.2.